The summed E-state index contributed by atoms with van der Waals surface area (Å²) in [6.07, 6.45) is 4.25. The van der Waals surface area contributed by atoms with Gasteiger partial charge < -0.3 is 20.3 Å². The van der Waals surface area contributed by atoms with Gasteiger partial charge in [-0.1, -0.05) is 44.4 Å². The number of esters is 1. The molecule has 0 fully saturated rings. The van der Waals surface area contributed by atoms with E-state index in [9.17, 15) is 9.18 Å². The number of ether oxygens (including phenoxy) is 1. The summed E-state index contributed by atoms with van der Waals surface area (Å²) in [4.78, 5) is 14.2. The van der Waals surface area contributed by atoms with Crippen molar-refractivity contribution in [3.8, 4) is 11.1 Å². The van der Waals surface area contributed by atoms with E-state index in [1.807, 2.05) is 61.5 Å². The molecule has 0 saturated carbocycles. The molecule has 3 aromatic rings. The summed E-state index contributed by atoms with van der Waals surface area (Å²) >= 11 is 0. The normalized spacial score (nSPS) is 10.6. The lowest BCUT2D eigenvalue weighted by Crippen LogP contribution is -2.13. The Kier molecular flexibility index (Phi) is 9.32. The highest BCUT2D eigenvalue weighted by Crippen LogP contribution is 2.25. The largest absolute Gasteiger partial charge is 0.462 e. The molecule has 0 aliphatic heterocycles. The van der Waals surface area contributed by atoms with Gasteiger partial charge in [-0.25, -0.2) is 9.18 Å². The molecule has 0 spiro atoms. The van der Waals surface area contributed by atoms with Gasteiger partial charge in [0, 0.05) is 25.5 Å². The van der Waals surface area contributed by atoms with E-state index >= 15 is 0 Å². The lowest BCUT2D eigenvalue weighted by Gasteiger charge is -2.14. The highest BCUT2D eigenvalue weighted by Gasteiger charge is 2.09. The predicted molar refractivity (Wildman–Crippen MR) is 139 cm³/mol. The van der Waals surface area contributed by atoms with Gasteiger partial charge in [0.15, 0.2) is 0 Å². The van der Waals surface area contributed by atoms with Crippen molar-refractivity contribution >= 4 is 23.0 Å². The first-order valence-corrected chi connectivity index (χ1v) is 11.8. The molecule has 34 heavy (non-hydrogen) atoms. The fourth-order valence-electron chi connectivity index (χ4n) is 3.53. The second-order valence-corrected chi connectivity index (χ2v) is 8.44. The summed E-state index contributed by atoms with van der Waals surface area (Å²) in [6.45, 7) is 2.98. The standard InChI is InChI=1S/C28H34FN3O2/c1-4-5-6-7-18-34-28(33)22-10-8-21(9-11-22)23-12-17-27(26(29)19-23)31-20-30-24-13-15-25(16-14-24)32(2)3/h8-17,19,30-31H,4-7,18,20H2,1-3H3. The van der Waals surface area contributed by atoms with Crippen molar-refractivity contribution in [3.63, 3.8) is 0 Å². The number of carbonyl (C=O) groups excluding carboxylic acids is 1. The molecule has 6 heteroatoms. The summed E-state index contributed by atoms with van der Waals surface area (Å²) in [5.41, 5.74) is 4.58. The van der Waals surface area contributed by atoms with Gasteiger partial charge in [0.1, 0.15) is 5.82 Å². The highest BCUT2D eigenvalue weighted by atomic mass is 19.1. The molecule has 0 saturated heterocycles. The molecule has 0 aromatic heterocycles. The number of hydrogen-bond donors (Lipinski definition) is 2. The Morgan fingerprint density at radius 2 is 1.59 bits per heavy atom. The summed E-state index contributed by atoms with van der Waals surface area (Å²) < 4.78 is 20.0. The Bertz CT molecular complexity index is 1050. The van der Waals surface area contributed by atoms with Crippen LogP contribution in [-0.2, 0) is 4.74 Å². The van der Waals surface area contributed by atoms with Crippen LogP contribution in [0.15, 0.2) is 66.7 Å². The van der Waals surface area contributed by atoms with Gasteiger partial charge in [-0.15, -0.1) is 0 Å². The number of carbonyl (C=O) groups is 1. The number of hydrogen-bond acceptors (Lipinski definition) is 5. The first kappa shape index (κ1) is 25.1. The first-order chi connectivity index (χ1) is 16.5. The molecular weight excluding hydrogens is 429 g/mol. The zero-order chi connectivity index (χ0) is 24.3. The van der Waals surface area contributed by atoms with Gasteiger partial charge in [0.25, 0.3) is 0 Å². The van der Waals surface area contributed by atoms with Crippen molar-refractivity contribution in [1.82, 2.24) is 0 Å². The van der Waals surface area contributed by atoms with Crippen LogP contribution < -0.4 is 15.5 Å². The zero-order valence-electron chi connectivity index (χ0n) is 20.2. The molecule has 5 nitrogen and oxygen atoms in total. The van der Waals surface area contributed by atoms with Crippen molar-refractivity contribution < 1.29 is 13.9 Å². The number of nitrogens with zero attached hydrogens (tertiary/aromatic N) is 1. The second kappa shape index (κ2) is 12.6. The number of benzene rings is 3. The second-order valence-electron chi connectivity index (χ2n) is 8.44. The van der Waals surface area contributed by atoms with E-state index < -0.39 is 0 Å². The van der Waals surface area contributed by atoms with Gasteiger partial charge in [0.2, 0.25) is 0 Å². The molecule has 3 aromatic carbocycles. The molecule has 0 unspecified atom stereocenters. The molecule has 2 N–H and O–H groups in total. The molecule has 0 atom stereocenters. The van der Waals surface area contributed by atoms with Crippen molar-refractivity contribution in [1.29, 1.82) is 0 Å². The maximum Gasteiger partial charge on any atom is 0.338 e. The van der Waals surface area contributed by atoms with Crippen LogP contribution in [0.3, 0.4) is 0 Å². The third kappa shape index (κ3) is 7.24. The van der Waals surface area contributed by atoms with E-state index in [-0.39, 0.29) is 11.8 Å². The van der Waals surface area contributed by atoms with Gasteiger partial charge >= 0.3 is 5.97 Å². The van der Waals surface area contributed by atoms with E-state index in [1.54, 1.807) is 18.2 Å². The topological polar surface area (TPSA) is 53.6 Å². The predicted octanol–water partition coefficient (Wildman–Crippen LogP) is 6.78. The molecule has 0 heterocycles. The average Bonchev–Trinajstić information content (AvgIpc) is 2.85. The van der Waals surface area contributed by atoms with E-state index in [2.05, 4.69) is 17.6 Å². The minimum absolute atomic E-state index is 0.322. The third-order valence-electron chi connectivity index (χ3n) is 5.61. The smallest absolute Gasteiger partial charge is 0.338 e. The van der Waals surface area contributed by atoms with Crippen LogP contribution in [0, 0.1) is 5.82 Å². The monoisotopic (exact) mass is 463 g/mol. The van der Waals surface area contributed by atoms with E-state index in [0.29, 0.717) is 24.5 Å². The summed E-state index contributed by atoms with van der Waals surface area (Å²) in [5, 5.41) is 6.31. The Morgan fingerprint density at radius 3 is 2.24 bits per heavy atom. The fourth-order valence-corrected chi connectivity index (χ4v) is 3.53. The molecular formula is C28H34FN3O2. The third-order valence-corrected chi connectivity index (χ3v) is 5.61. The van der Waals surface area contributed by atoms with Crippen molar-refractivity contribution in [2.75, 3.05) is 42.9 Å². The zero-order valence-corrected chi connectivity index (χ0v) is 20.2. The van der Waals surface area contributed by atoms with Gasteiger partial charge in [-0.3, -0.25) is 0 Å². The Morgan fingerprint density at radius 1 is 0.882 bits per heavy atom. The van der Waals surface area contributed by atoms with Crippen molar-refractivity contribution in [3.05, 3.63) is 78.1 Å². The van der Waals surface area contributed by atoms with Gasteiger partial charge in [-0.2, -0.15) is 0 Å². The van der Waals surface area contributed by atoms with E-state index in [1.165, 1.54) is 6.07 Å². The molecule has 0 amide bonds. The molecule has 0 aliphatic carbocycles. The lowest BCUT2D eigenvalue weighted by atomic mass is 10.0. The van der Waals surface area contributed by atoms with E-state index in [4.69, 9.17) is 4.74 Å². The quantitative estimate of drug-likeness (QED) is 0.176. The average molecular weight is 464 g/mol. The van der Waals surface area contributed by atoms with Crippen LogP contribution in [0.25, 0.3) is 11.1 Å². The minimum atomic E-state index is -0.335. The molecule has 3 rings (SSSR count). The van der Waals surface area contributed by atoms with Crippen LogP contribution in [0.2, 0.25) is 0 Å². The van der Waals surface area contributed by atoms with Crippen LogP contribution >= 0.6 is 0 Å². The van der Waals surface area contributed by atoms with Gasteiger partial charge in [-0.05, 0) is 66.1 Å². The molecule has 180 valence electrons. The summed E-state index contributed by atoms with van der Waals surface area (Å²) in [6, 6.07) is 20.2. The first-order valence-electron chi connectivity index (χ1n) is 11.8. The van der Waals surface area contributed by atoms with Crippen molar-refractivity contribution in [2.45, 2.75) is 32.6 Å². The Labute approximate surface area is 201 Å². The van der Waals surface area contributed by atoms with Crippen LogP contribution in [0.4, 0.5) is 21.5 Å². The molecule has 0 radical (unpaired) electrons. The number of rotatable bonds is 12. The summed E-state index contributed by atoms with van der Waals surface area (Å²) in [7, 11) is 3.99. The maximum atomic E-state index is 14.7. The van der Waals surface area contributed by atoms with Crippen LogP contribution in [0.1, 0.15) is 43.0 Å². The minimum Gasteiger partial charge on any atom is -0.462 e. The number of nitrogens with one attached hydrogen (secondary N) is 2. The Hall–Kier alpha value is -3.54. The molecule has 0 aliphatic rings. The lowest BCUT2D eigenvalue weighted by molar-refractivity contribution is 0.0498. The maximum absolute atomic E-state index is 14.7. The fraction of sp³-hybridized carbons (Fsp3) is 0.321. The van der Waals surface area contributed by atoms with Gasteiger partial charge in [0.05, 0.1) is 24.5 Å². The number of unbranched alkanes of at least 4 members (excludes halogenated alkanes) is 3. The van der Waals surface area contributed by atoms with Crippen LogP contribution in [0.5, 0.6) is 0 Å². The van der Waals surface area contributed by atoms with E-state index in [0.717, 1.165) is 48.2 Å². The SMILES string of the molecule is CCCCCCOC(=O)c1ccc(-c2ccc(NCNc3ccc(N(C)C)cc3)c(F)c2)cc1. The molecule has 0 bridgehead atoms. The van der Waals surface area contributed by atoms with Crippen LogP contribution in [-0.4, -0.2) is 33.3 Å². The Balaban J connectivity index is 1.52. The highest BCUT2D eigenvalue weighted by molar-refractivity contribution is 5.90. The number of halogens is 1. The number of anilines is 3. The van der Waals surface area contributed by atoms with Crippen molar-refractivity contribution in [2.24, 2.45) is 0 Å². The summed E-state index contributed by atoms with van der Waals surface area (Å²) in [5.74, 6) is -0.657.